The van der Waals surface area contributed by atoms with E-state index in [2.05, 4.69) is 25.0 Å². The molecule has 1 amide bonds. The third kappa shape index (κ3) is 3.66. The van der Waals surface area contributed by atoms with Gasteiger partial charge in [-0.3, -0.25) is 9.48 Å². The number of nitrogens with zero attached hydrogens (tertiary/aromatic N) is 6. The van der Waals surface area contributed by atoms with Gasteiger partial charge >= 0.3 is 0 Å². The molecule has 1 atom stereocenters. The number of carbonyl (C=O) groups is 1. The van der Waals surface area contributed by atoms with Gasteiger partial charge in [0.1, 0.15) is 5.82 Å². The first-order valence-electron chi connectivity index (χ1n) is 9.37. The zero-order valence-electron chi connectivity index (χ0n) is 15.7. The van der Waals surface area contributed by atoms with Crippen molar-refractivity contribution in [2.75, 3.05) is 13.1 Å². The van der Waals surface area contributed by atoms with E-state index in [-0.39, 0.29) is 11.8 Å². The number of thiazole rings is 1. The maximum Gasteiger partial charge on any atom is 0.257 e. The van der Waals surface area contributed by atoms with Gasteiger partial charge in [-0.25, -0.2) is 9.97 Å². The van der Waals surface area contributed by atoms with Crippen LogP contribution in [0.3, 0.4) is 0 Å². The van der Waals surface area contributed by atoms with E-state index in [1.807, 2.05) is 47.5 Å². The maximum atomic E-state index is 13.0. The number of hydrogen-bond acceptors (Lipinski definition) is 5. The van der Waals surface area contributed by atoms with Crippen molar-refractivity contribution < 1.29 is 4.79 Å². The molecule has 1 aliphatic rings. The van der Waals surface area contributed by atoms with Crippen molar-refractivity contribution in [3.05, 3.63) is 52.3 Å². The number of carbonyl (C=O) groups excluding carboxylic acids is 1. The van der Waals surface area contributed by atoms with Crippen LogP contribution in [-0.2, 0) is 13.1 Å². The standard InChI is InChI=1S/C19H24N6OS/c1-3-25-11-17(14(2)22-25)19(26)24-7-4-5-15(9-24)18-20-6-8-23(18)10-16-12-27-13-21-16/h6,8,11-13,15H,3-5,7,9-10H2,1-2H3/t15-/m0/s1. The second-order valence-electron chi connectivity index (χ2n) is 6.97. The summed E-state index contributed by atoms with van der Waals surface area (Å²) >= 11 is 1.60. The summed E-state index contributed by atoms with van der Waals surface area (Å²) in [5.74, 6) is 1.37. The Morgan fingerprint density at radius 3 is 3.00 bits per heavy atom. The Bertz CT molecular complexity index is 913. The molecule has 7 nitrogen and oxygen atoms in total. The van der Waals surface area contributed by atoms with Crippen LogP contribution in [0.5, 0.6) is 0 Å². The van der Waals surface area contributed by atoms with Gasteiger partial charge in [-0.2, -0.15) is 5.10 Å². The molecule has 0 saturated carbocycles. The van der Waals surface area contributed by atoms with Crippen LogP contribution in [0.1, 0.15) is 53.3 Å². The van der Waals surface area contributed by atoms with E-state index in [9.17, 15) is 4.79 Å². The first-order chi connectivity index (χ1) is 13.2. The van der Waals surface area contributed by atoms with Gasteiger partial charge in [0.2, 0.25) is 0 Å². The third-order valence-corrected chi connectivity index (χ3v) is 5.77. The summed E-state index contributed by atoms with van der Waals surface area (Å²) in [7, 11) is 0. The van der Waals surface area contributed by atoms with Crippen molar-refractivity contribution in [2.24, 2.45) is 0 Å². The van der Waals surface area contributed by atoms with Crippen molar-refractivity contribution in [1.82, 2.24) is 29.2 Å². The van der Waals surface area contributed by atoms with E-state index in [1.165, 1.54) is 0 Å². The summed E-state index contributed by atoms with van der Waals surface area (Å²) in [5, 5.41) is 6.48. The highest BCUT2D eigenvalue weighted by Gasteiger charge is 2.29. The van der Waals surface area contributed by atoms with E-state index in [4.69, 9.17) is 0 Å². The van der Waals surface area contributed by atoms with E-state index < -0.39 is 0 Å². The van der Waals surface area contributed by atoms with Crippen LogP contribution >= 0.6 is 11.3 Å². The number of aromatic nitrogens is 5. The number of aryl methyl sites for hydroxylation is 2. The van der Waals surface area contributed by atoms with Gasteiger partial charge in [0, 0.05) is 49.5 Å². The summed E-state index contributed by atoms with van der Waals surface area (Å²) in [5.41, 5.74) is 4.41. The SMILES string of the molecule is CCn1cc(C(=O)N2CCC[C@H](c3nccn3Cc3cscn3)C2)c(C)n1. The molecule has 0 aromatic carbocycles. The van der Waals surface area contributed by atoms with Gasteiger partial charge in [0.15, 0.2) is 0 Å². The topological polar surface area (TPSA) is 68.8 Å². The molecule has 4 heterocycles. The minimum absolute atomic E-state index is 0.0782. The second-order valence-corrected chi connectivity index (χ2v) is 7.69. The molecule has 3 aromatic heterocycles. The summed E-state index contributed by atoms with van der Waals surface area (Å²) < 4.78 is 3.98. The molecule has 0 aliphatic carbocycles. The summed E-state index contributed by atoms with van der Waals surface area (Å²) in [6, 6.07) is 0. The number of piperidine rings is 1. The minimum atomic E-state index is 0.0782. The van der Waals surface area contributed by atoms with Gasteiger partial charge in [-0.05, 0) is 26.7 Å². The first kappa shape index (κ1) is 17.9. The fraction of sp³-hybridized carbons (Fsp3) is 0.474. The second kappa shape index (κ2) is 7.64. The third-order valence-electron chi connectivity index (χ3n) is 5.14. The zero-order chi connectivity index (χ0) is 18.8. The molecule has 8 heteroatoms. The van der Waals surface area contributed by atoms with Crippen molar-refractivity contribution in [3.63, 3.8) is 0 Å². The number of hydrogen-bond donors (Lipinski definition) is 0. The highest BCUT2D eigenvalue weighted by molar-refractivity contribution is 7.07. The molecule has 0 bridgehead atoms. The smallest absolute Gasteiger partial charge is 0.257 e. The Morgan fingerprint density at radius 1 is 1.37 bits per heavy atom. The van der Waals surface area contributed by atoms with Crippen molar-refractivity contribution >= 4 is 17.2 Å². The lowest BCUT2D eigenvalue weighted by atomic mass is 9.96. The van der Waals surface area contributed by atoms with Crippen LogP contribution in [0, 0.1) is 6.92 Å². The average molecular weight is 385 g/mol. The number of likely N-dealkylation sites (tertiary alicyclic amines) is 1. The van der Waals surface area contributed by atoms with Gasteiger partial charge in [-0.1, -0.05) is 0 Å². The molecule has 142 valence electrons. The molecule has 3 aromatic rings. The maximum absolute atomic E-state index is 13.0. The molecule has 1 aliphatic heterocycles. The minimum Gasteiger partial charge on any atom is -0.338 e. The summed E-state index contributed by atoms with van der Waals surface area (Å²) in [4.78, 5) is 24.0. The van der Waals surface area contributed by atoms with Crippen molar-refractivity contribution in [2.45, 2.75) is 45.7 Å². The quantitative estimate of drug-likeness (QED) is 0.678. The van der Waals surface area contributed by atoms with Crippen molar-refractivity contribution in [3.8, 4) is 0 Å². The van der Waals surface area contributed by atoms with Gasteiger partial charge < -0.3 is 9.47 Å². The van der Waals surface area contributed by atoms with Crippen LogP contribution in [0.4, 0.5) is 0 Å². The fourth-order valence-electron chi connectivity index (χ4n) is 3.74. The molecular formula is C19H24N6OS. The van der Waals surface area contributed by atoms with Crippen LogP contribution in [-0.4, -0.2) is 48.2 Å². The van der Waals surface area contributed by atoms with E-state index in [1.54, 1.807) is 11.3 Å². The molecule has 4 rings (SSSR count). The van der Waals surface area contributed by atoms with Crippen LogP contribution in [0.25, 0.3) is 0 Å². The molecule has 27 heavy (non-hydrogen) atoms. The van der Waals surface area contributed by atoms with E-state index >= 15 is 0 Å². The molecule has 0 unspecified atom stereocenters. The van der Waals surface area contributed by atoms with Crippen LogP contribution < -0.4 is 0 Å². The molecule has 0 N–H and O–H groups in total. The number of rotatable bonds is 5. The zero-order valence-corrected chi connectivity index (χ0v) is 16.5. The summed E-state index contributed by atoms with van der Waals surface area (Å²) in [6.45, 7) is 6.92. The Morgan fingerprint density at radius 2 is 2.26 bits per heavy atom. The molecule has 0 spiro atoms. The lowest BCUT2D eigenvalue weighted by Gasteiger charge is -2.32. The average Bonchev–Trinajstić information content (AvgIpc) is 3.43. The Labute approximate surface area is 162 Å². The Kier molecular flexibility index (Phi) is 5.07. The largest absolute Gasteiger partial charge is 0.338 e. The number of imidazole rings is 1. The Hall–Kier alpha value is -2.48. The molecule has 1 fully saturated rings. The van der Waals surface area contributed by atoms with Crippen LogP contribution in [0.15, 0.2) is 29.5 Å². The number of amides is 1. The molecule has 0 radical (unpaired) electrons. The van der Waals surface area contributed by atoms with Crippen molar-refractivity contribution in [1.29, 1.82) is 0 Å². The molecular weight excluding hydrogens is 360 g/mol. The van der Waals surface area contributed by atoms with Gasteiger partial charge in [-0.15, -0.1) is 11.3 Å². The lowest BCUT2D eigenvalue weighted by molar-refractivity contribution is 0.0702. The predicted molar refractivity (Wildman–Crippen MR) is 104 cm³/mol. The monoisotopic (exact) mass is 384 g/mol. The fourth-order valence-corrected chi connectivity index (χ4v) is 4.29. The van der Waals surface area contributed by atoms with Crippen LogP contribution in [0.2, 0.25) is 0 Å². The normalized spacial score (nSPS) is 17.4. The van der Waals surface area contributed by atoms with E-state index in [0.29, 0.717) is 12.1 Å². The van der Waals surface area contributed by atoms with Gasteiger partial charge in [0.05, 0.1) is 29.0 Å². The van der Waals surface area contributed by atoms with Gasteiger partial charge in [0.25, 0.3) is 5.91 Å². The highest BCUT2D eigenvalue weighted by Crippen LogP contribution is 2.27. The Balaban J connectivity index is 1.51. The highest BCUT2D eigenvalue weighted by atomic mass is 32.1. The van der Waals surface area contributed by atoms with E-state index in [0.717, 1.165) is 49.7 Å². The predicted octanol–water partition coefficient (Wildman–Crippen LogP) is 2.93. The summed E-state index contributed by atoms with van der Waals surface area (Å²) in [6.07, 6.45) is 7.75. The lowest BCUT2D eigenvalue weighted by Crippen LogP contribution is -2.40. The molecule has 1 saturated heterocycles. The first-order valence-corrected chi connectivity index (χ1v) is 10.3.